The SMILES string of the molecule is CCC/C(SC(F)(F)P(=O)(OCC)OCC)=C(\Cl)c1ccc(C(C)=O)cc1. The maximum absolute atomic E-state index is 14.8. The fraction of sp³-hybridized carbons (Fsp3) is 0.500. The Morgan fingerprint density at radius 2 is 1.59 bits per heavy atom. The average molecular weight is 441 g/mol. The Morgan fingerprint density at radius 3 is 2.00 bits per heavy atom. The first-order chi connectivity index (χ1) is 12.6. The third kappa shape index (κ3) is 6.40. The second kappa shape index (κ2) is 10.7. The molecule has 4 nitrogen and oxygen atoms in total. The van der Waals surface area contributed by atoms with Crippen LogP contribution in [0.3, 0.4) is 0 Å². The summed E-state index contributed by atoms with van der Waals surface area (Å²) in [6, 6.07) is 6.35. The number of Topliss-reactive ketones (excluding diaryl/α,β-unsaturated/α-hetero) is 1. The highest BCUT2D eigenvalue weighted by Crippen LogP contribution is 2.68. The van der Waals surface area contributed by atoms with Gasteiger partial charge in [0.1, 0.15) is 0 Å². The molecule has 9 heteroatoms. The number of rotatable bonds is 11. The summed E-state index contributed by atoms with van der Waals surface area (Å²) in [5.41, 5.74) is 0.992. The van der Waals surface area contributed by atoms with Crippen LogP contribution in [0.5, 0.6) is 0 Å². The van der Waals surface area contributed by atoms with Gasteiger partial charge >= 0.3 is 12.6 Å². The number of thioether (sulfide) groups is 1. The smallest absolute Gasteiger partial charge is 0.304 e. The summed E-state index contributed by atoms with van der Waals surface area (Å²) in [5.74, 6) is -0.106. The molecule has 1 aromatic rings. The van der Waals surface area contributed by atoms with Crippen molar-refractivity contribution in [3.63, 3.8) is 0 Å². The number of halogens is 3. The van der Waals surface area contributed by atoms with Crippen LogP contribution in [0.15, 0.2) is 29.2 Å². The van der Waals surface area contributed by atoms with Crippen molar-refractivity contribution >= 4 is 41.8 Å². The van der Waals surface area contributed by atoms with Gasteiger partial charge in [0.05, 0.1) is 18.2 Å². The van der Waals surface area contributed by atoms with Crippen molar-refractivity contribution in [3.05, 3.63) is 40.3 Å². The minimum absolute atomic E-state index is 0.106. The molecule has 0 unspecified atom stereocenters. The van der Waals surface area contributed by atoms with Gasteiger partial charge in [-0.05, 0) is 44.5 Å². The molecule has 0 radical (unpaired) electrons. The van der Waals surface area contributed by atoms with Crippen LogP contribution in [0.1, 0.15) is 56.5 Å². The molecule has 0 heterocycles. The van der Waals surface area contributed by atoms with Crippen LogP contribution in [0.2, 0.25) is 0 Å². The highest BCUT2D eigenvalue weighted by molar-refractivity contribution is 8.09. The van der Waals surface area contributed by atoms with E-state index in [-0.39, 0.29) is 47.1 Å². The number of carbonyl (C=O) groups is 1. The lowest BCUT2D eigenvalue weighted by atomic mass is 10.1. The molecule has 0 bridgehead atoms. The molecule has 0 spiro atoms. The van der Waals surface area contributed by atoms with E-state index in [1.54, 1.807) is 24.3 Å². The first-order valence-electron chi connectivity index (χ1n) is 8.57. The Labute approximate surface area is 168 Å². The lowest BCUT2D eigenvalue weighted by molar-refractivity contribution is 0.101. The van der Waals surface area contributed by atoms with Crippen molar-refractivity contribution in [2.75, 3.05) is 13.2 Å². The van der Waals surface area contributed by atoms with Crippen LogP contribution in [0, 0.1) is 0 Å². The van der Waals surface area contributed by atoms with E-state index in [0.717, 1.165) is 0 Å². The number of carbonyl (C=O) groups excluding carboxylic acids is 1. The summed E-state index contributed by atoms with van der Waals surface area (Å²) in [5, 5.41) is 0.121. The Bertz CT molecular complexity index is 713. The molecule has 0 aliphatic carbocycles. The zero-order valence-corrected chi connectivity index (χ0v) is 18.2. The molecule has 0 fully saturated rings. The Morgan fingerprint density at radius 1 is 1.11 bits per heavy atom. The van der Waals surface area contributed by atoms with Crippen LogP contribution in [0.4, 0.5) is 8.78 Å². The molecule has 152 valence electrons. The van der Waals surface area contributed by atoms with Crippen LogP contribution in [-0.2, 0) is 13.6 Å². The van der Waals surface area contributed by atoms with Crippen molar-refractivity contribution in [1.82, 2.24) is 0 Å². The largest absolute Gasteiger partial charge is 0.410 e. The van der Waals surface area contributed by atoms with Gasteiger partial charge in [-0.15, -0.1) is 0 Å². The summed E-state index contributed by atoms with van der Waals surface area (Å²) in [6.07, 6.45) is 0.833. The number of hydrogen-bond donors (Lipinski definition) is 0. The Hall–Kier alpha value is -0.720. The number of alkyl halides is 2. The molecule has 0 aliphatic rings. The second-order valence-electron chi connectivity index (χ2n) is 5.54. The van der Waals surface area contributed by atoms with Gasteiger partial charge in [-0.25, -0.2) is 0 Å². The van der Waals surface area contributed by atoms with Gasteiger partial charge in [0, 0.05) is 10.5 Å². The van der Waals surface area contributed by atoms with Gasteiger partial charge in [-0.3, -0.25) is 9.36 Å². The zero-order valence-electron chi connectivity index (χ0n) is 15.8. The fourth-order valence-electron chi connectivity index (χ4n) is 2.18. The first-order valence-corrected chi connectivity index (χ1v) is 11.3. The van der Waals surface area contributed by atoms with E-state index in [9.17, 15) is 18.1 Å². The van der Waals surface area contributed by atoms with E-state index >= 15 is 0 Å². The molecule has 27 heavy (non-hydrogen) atoms. The summed E-state index contributed by atoms with van der Waals surface area (Å²) >= 11 is 6.47. The molecule has 0 N–H and O–H groups in total. The Balaban J connectivity index is 3.27. The predicted molar refractivity (Wildman–Crippen MR) is 108 cm³/mol. The maximum Gasteiger partial charge on any atom is 0.410 e. The van der Waals surface area contributed by atoms with Gasteiger partial charge in [0.2, 0.25) is 0 Å². The molecular formula is C18H24ClF2O4PS. The van der Waals surface area contributed by atoms with E-state index < -0.39 is 12.6 Å². The van der Waals surface area contributed by atoms with Gasteiger partial charge < -0.3 is 9.05 Å². The Kier molecular flexibility index (Phi) is 9.66. The van der Waals surface area contributed by atoms with Gasteiger partial charge in [-0.2, -0.15) is 8.78 Å². The van der Waals surface area contributed by atoms with Crippen LogP contribution < -0.4 is 0 Å². The molecule has 0 saturated heterocycles. The molecule has 0 amide bonds. The van der Waals surface area contributed by atoms with E-state index in [0.29, 0.717) is 17.5 Å². The van der Waals surface area contributed by atoms with Crippen molar-refractivity contribution < 1.29 is 27.2 Å². The van der Waals surface area contributed by atoms with Crippen molar-refractivity contribution in [2.24, 2.45) is 0 Å². The topological polar surface area (TPSA) is 52.6 Å². The second-order valence-corrected chi connectivity index (χ2v) is 9.51. The van der Waals surface area contributed by atoms with E-state index in [2.05, 4.69) is 0 Å². The minimum atomic E-state index is -4.66. The van der Waals surface area contributed by atoms with Crippen LogP contribution in [0.25, 0.3) is 5.03 Å². The molecule has 1 rings (SSSR count). The third-order valence-corrected chi connectivity index (χ3v) is 7.67. The number of hydrogen-bond acceptors (Lipinski definition) is 5. The van der Waals surface area contributed by atoms with Crippen molar-refractivity contribution in [3.8, 4) is 0 Å². The molecule has 0 saturated carbocycles. The van der Waals surface area contributed by atoms with Crippen molar-refractivity contribution in [2.45, 2.75) is 45.5 Å². The van der Waals surface area contributed by atoms with Crippen molar-refractivity contribution in [1.29, 1.82) is 0 Å². The third-order valence-electron chi connectivity index (χ3n) is 3.43. The van der Waals surface area contributed by atoms with Crippen LogP contribution in [-0.4, -0.2) is 24.0 Å². The zero-order chi connectivity index (χ0) is 20.7. The van der Waals surface area contributed by atoms with Crippen LogP contribution >= 0.6 is 31.0 Å². The van der Waals surface area contributed by atoms with Gasteiger partial charge in [0.15, 0.2) is 5.78 Å². The minimum Gasteiger partial charge on any atom is -0.304 e. The normalized spacial score (nSPS) is 13.4. The monoisotopic (exact) mass is 440 g/mol. The van der Waals surface area contributed by atoms with Gasteiger partial charge in [0.25, 0.3) is 0 Å². The maximum atomic E-state index is 14.8. The standard InChI is InChI=1S/C18H24ClF2O4PS/c1-5-8-16(17(19)15-11-9-14(10-12-15)13(4)22)27-18(20,21)26(23,24-6-2)25-7-3/h9-12H,5-8H2,1-4H3/b17-16+. The van der Waals surface area contributed by atoms with E-state index in [1.807, 2.05) is 6.92 Å². The number of allylic oxidation sites excluding steroid dienone is 1. The average Bonchev–Trinajstić information content (AvgIpc) is 2.61. The molecule has 0 aromatic heterocycles. The van der Waals surface area contributed by atoms with E-state index in [4.69, 9.17) is 20.6 Å². The molecular weight excluding hydrogens is 417 g/mol. The lowest BCUT2D eigenvalue weighted by Gasteiger charge is -2.26. The number of ketones is 1. The summed E-state index contributed by atoms with van der Waals surface area (Å²) in [4.78, 5) is 7.77. The van der Waals surface area contributed by atoms with E-state index in [1.165, 1.54) is 20.8 Å². The van der Waals surface area contributed by atoms with Gasteiger partial charge in [-0.1, -0.05) is 49.2 Å². The lowest BCUT2D eigenvalue weighted by Crippen LogP contribution is -2.17. The molecule has 1 aromatic carbocycles. The molecule has 0 aliphatic heterocycles. The molecule has 0 atom stereocenters. The number of benzene rings is 1. The summed E-state index contributed by atoms with van der Waals surface area (Å²) < 4.78 is 51.7. The highest BCUT2D eigenvalue weighted by Gasteiger charge is 2.55. The fourth-order valence-corrected chi connectivity index (χ4v) is 5.47. The summed E-state index contributed by atoms with van der Waals surface area (Å²) in [7, 11) is -4.66. The summed E-state index contributed by atoms with van der Waals surface area (Å²) in [6.45, 7) is 5.87. The first kappa shape index (κ1) is 24.3. The quantitative estimate of drug-likeness (QED) is 0.270. The predicted octanol–water partition coefficient (Wildman–Crippen LogP) is 7.15. The highest BCUT2D eigenvalue weighted by atomic mass is 35.5.